The van der Waals surface area contributed by atoms with Gasteiger partial charge >= 0.3 is 0 Å². The molecule has 0 aliphatic heterocycles. The zero-order chi connectivity index (χ0) is 18.1. The van der Waals surface area contributed by atoms with Crippen molar-refractivity contribution in [3.8, 4) is 11.4 Å². The van der Waals surface area contributed by atoms with Gasteiger partial charge in [-0.15, -0.1) is 0 Å². The molecule has 2 heterocycles. The number of amides is 1. The van der Waals surface area contributed by atoms with Crippen LogP contribution in [0.2, 0.25) is 0 Å². The highest BCUT2D eigenvalue weighted by Gasteiger charge is 2.13. The zero-order valence-corrected chi connectivity index (χ0v) is 14.8. The molecule has 2 aromatic heterocycles. The molecule has 0 aliphatic rings. The molecule has 7 nitrogen and oxygen atoms in total. The van der Waals surface area contributed by atoms with E-state index in [1.54, 1.807) is 10.8 Å². The number of H-pyrrole nitrogens is 2. The molecule has 0 radical (unpaired) electrons. The molecular formula is C18H16N6OS. The third-order valence-electron chi connectivity index (χ3n) is 4.09. The highest BCUT2D eigenvalue weighted by Crippen LogP contribution is 2.19. The molecule has 4 aromatic rings. The Labute approximate surface area is 154 Å². The third kappa shape index (κ3) is 3.14. The van der Waals surface area contributed by atoms with Crippen molar-refractivity contribution in [1.29, 1.82) is 0 Å². The second-order valence-electron chi connectivity index (χ2n) is 6.02. The number of rotatable bonds is 4. The van der Waals surface area contributed by atoms with Crippen LogP contribution in [-0.2, 0) is 11.3 Å². The normalized spacial score (nSPS) is 11.0. The maximum absolute atomic E-state index is 12.5. The van der Waals surface area contributed by atoms with E-state index in [0.29, 0.717) is 16.3 Å². The number of carbonyl (C=O) groups excluding carboxylic acids is 1. The van der Waals surface area contributed by atoms with Crippen molar-refractivity contribution in [2.24, 2.45) is 0 Å². The topological polar surface area (TPSA) is 91.4 Å². The minimum absolute atomic E-state index is 0.0714. The first-order chi connectivity index (χ1) is 12.6. The van der Waals surface area contributed by atoms with E-state index in [9.17, 15) is 4.79 Å². The van der Waals surface area contributed by atoms with Gasteiger partial charge in [0.15, 0.2) is 10.6 Å². The number of hydrogen-bond donors (Lipinski definition) is 3. The van der Waals surface area contributed by atoms with Crippen LogP contribution in [0.4, 0.5) is 5.69 Å². The van der Waals surface area contributed by atoms with E-state index in [4.69, 9.17) is 12.2 Å². The van der Waals surface area contributed by atoms with Gasteiger partial charge in [-0.25, -0.2) is 0 Å². The third-order valence-corrected chi connectivity index (χ3v) is 4.41. The van der Waals surface area contributed by atoms with E-state index in [0.717, 1.165) is 22.0 Å². The van der Waals surface area contributed by atoms with Gasteiger partial charge in [-0.2, -0.15) is 10.2 Å². The summed E-state index contributed by atoms with van der Waals surface area (Å²) in [4.78, 5) is 12.5. The summed E-state index contributed by atoms with van der Waals surface area (Å²) in [5, 5.41) is 17.7. The van der Waals surface area contributed by atoms with Crippen LogP contribution in [-0.4, -0.2) is 30.9 Å². The van der Waals surface area contributed by atoms with Crippen molar-refractivity contribution in [3.05, 3.63) is 59.0 Å². The molecule has 1 amide bonds. The Hall–Kier alpha value is -3.26. The van der Waals surface area contributed by atoms with Crippen LogP contribution >= 0.6 is 12.2 Å². The Balaban J connectivity index is 1.56. The van der Waals surface area contributed by atoms with Crippen LogP contribution in [0.15, 0.2) is 48.7 Å². The molecule has 2 aromatic carbocycles. The molecule has 0 fully saturated rings. The number of benzene rings is 2. The Morgan fingerprint density at radius 3 is 2.81 bits per heavy atom. The molecule has 26 heavy (non-hydrogen) atoms. The van der Waals surface area contributed by atoms with Crippen LogP contribution < -0.4 is 5.32 Å². The van der Waals surface area contributed by atoms with Crippen molar-refractivity contribution in [1.82, 2.24) is 25.0 Å². The highest BCUT2D eigenvalue weighted by molar-refractivity contribution is 7.71. The fraction of sp³-hybridized carbons (Fsp3) is 0.111. The van der Waals surface area contributed by atoms with Crippen LogP contribution in [0.5, 0.6) is 0 Å². The van der Waals surface area contributed by atoms with Crippen LogP contribution in [0.3, 0.4) is 0 Å². The molecule has 0 saturated carbocycles. The summed E-state index contributed by atoms with van der Waals surface area (Å²) in [6.07, 6.45) is 1.71. The molecular weight excluding hydrogens is 348 g/mol. The molecule has 0 aliphatic carbocycles. The van der Waals surface area contributed by atoms with E-state index in [1.165, 1.54) is 0 Å². The Morgan fingerprint density at radius 1 is 1.19 bits per heavy atom. The predicted molar refractivity (Wildman–Crippen MR) is 102 cm³/mol. The summed E-state index contributed by atoms with van der Waals surface area (Å²) in [6.45, 7) is 2.09. The lowest BCUT2D eigenvalue weighted by molar-refractivity contribution is -0.116. The van der Waals surface area contributed by atoms with E-state index >= 15 is 0 Å². The molecule has 4 rings (SSSR count). The maximum Gasteiger partial charge on any atom is 0.244 e. The maximum atomic E-state index is 12.5. The van der Waals surface area contributed by atoms with Crippen molar-refractivity contribution in [2.45, 2.75) is 13.5 Å². The zero-order valence-electron chi connectivity index (χ0n) is 14.0. The standard InChI is InChI=1S/C18H16N6OS/c1-11-2-4-12(5-3-11)17-22-23-18(26)24(17)10-16(25)20-14-6-7-15-13(8-14)9-19-21-15/h2-9H,10H2,1H3,(H,19,21)(H,20,25)(H,23,26). The number of aromatic nitrogens is 5. The number of anilines is 1. The molecule has 0 saturated heterocycles. The minimum atomic E-state index is -0.182. The molecule has 130 valence electrons. The summed E-state index contributed by atoms with van der Waals surface area (Å²) in [5.41, 5.74) is 3.68. The summed E-state index contributed by atoms with van der Waals surface area (Å²) in [7, 11) is 0. The number of carbonyl (C=O) groups is 1. The molecule has 0 bridgehead atoms. The van der Waals surface area contributed by atoms with Gasteiger partial charge in [0.05, 0.1) is 11.7 Å². The lowest BCUT2D eigenvalue weighted by Gasteiger charge is -2.08. The second kappa shape index (κ2) is 6.57. The molecule has 0 atom stereocenters. The van der Waals surface area contributed by atoms with Crippen LogP contribution in [0, 0.1) is 11.7 Å². The number of aryl methyl sites for hydroxylation is 1. The summed E-state index contributed by atoms with van der Waals surface area (Å²) in [6, 6.07) is 13.5. The quantitative estimate of drug-likeness (QED) is 0.484. The fourth-order valence-corrected chi connectivity index (χ4v) is 2.95. The summed E-state index contributed by atoms with van der Waals surface area (Å²) >= 11 is 5.29. The second-order valence-corrected chi connectivity index (χ2v) is 6.41. The monoisotopic (exact) mass is 364 g/mol. The van der Waals surface area contributed by atoms with Gasteiger partial charge < -0.3 is 5.32 Å². The van der Waals surface area contributed by atoms with E-state index in [-0.39, 0.29) is 12.5 Å². The van der Waals surface area contributed by atoms with Gasteiger partial charge in [-0.3, -0.25) is 19.6 Å². The first kappa shape index (κ1) is 16.2. The number of nitrogens with zero attached hydrogens (tertiary/aromatic N) is 3. The average Bonchev–Trinajstić information content (AvgIpc) is 3.23. The van der Waals surface area contributed by atoms with Crippen LogP contribution in [0.1, 0.15) is 5.56 Å². The van der Waals surface area contributed by atoms with Crippen molar-refractivity contribution < 1.29 is 4.79 Å². The number of nitrogens with one attached hydrogen (secondary N) is 3. The molecule has 8 heteroatoms. The highest BCUT2D eigenvalue weighted by atomic mass is 32.1. The van der Waals surface area contributed by atoms with Crippen LogP contribution in [0.25, 0.3) is 22.3 Å². The first-order valence-electron chi connectivity index (χ1n) is 8.05. The van der Waals surface area contributed by atoms with Crippen molar-refractivity contribution in [3.63, 3.8) is 0 Å². The summed E-state index contributed by atoms with van der Waals surface area (Å²) < 4.78 is 2.09. The lowest BCUT2D eigenvalue weighted by atomic mass is 10.1. The Morgan fingerprint density at radius 2 is 2.00 bits per heavy atom. The SMILES string of the molecule is Cc1ccc(-c2n[nH]c(=S)n2CC(=O)Nc2ccc3[nH]ncc3c2)cc1. The lowest BCUT2D eigenvalue weighted by Crippen LogP contribution is -2.19. The smallest absolute Gasteiger partial charge is 0.244 e. The number of aromatic amines is 2. The first-order valence-corrected chi connectivity index (χ1v) is 8.46. The minimum Gasteiger partial charge on any atom is -0.325 e. The van der Waals surface area contributed by atoms with Gasteiger partial charge in [0, 0.05) is 16.6 Å². The van der Waals surface area contributed by atoms with Gasteiger partial charge in [0.1, 0.15) is 6.54 Å². The molecule has 3 N–H and O–H groups in total. The van der Waals surface area contributed by atoms with Gasteiger partial charge in [-0.1, -0.05) is 29.8 Å². The fourth-order valence-electron chi connectivity index (χ4n) is 2.75. The predicted octanol–water partition coefficient (Wildman–Crippen LogP) is 3.43. The van der Waals surface area contributed by atoms with E-state index in [2.05, 4.69) is 25.7 Å². The van der Waals surface area contributed by atoms with Gasteiger partial charge in [-0.05, 0) is 37.3 Å². The number of hydrogen-bond acceptors (Lipinski definition) is 4. The summed E-state index contributed by atoms with van der Waals surface area (Å²) in [5.74, 6) is 0.453. The van der Waals surface area contributed by atoms with Gasteiger partial charge in [0.2, 0.25) is 5.91 Å². The van der Waals surface area contributed by atoms with Crippen molar-refractivity contribution >= 4 is 34.7 Å². The Kier molecular flexibility index (Phi) is 4.10. The average molecular weight is 364 g/mol. The number of fused-ring (bicyclic) bond motifs is 1. The van der Waals surface area contributed by atoms with E-state index < -0.39 is 0 Å². The Bertz CT molecular complexity index is 1140. The van der Waals surface area contributed by atoms with Crippen molar-refractivity contribution in [2.75, 3.05) is 5.32 Å². The van der Waals surface area contributed by atoms with Gasteiger partial charge in [0.25, 0.3) is 0 Å². The molecule has 0 spiro atoms. The molecule has 0 unspecified atom stereocenters. The largest absolute Gasteiger partial charge is 0.325 e. The van der Waals surface area contributed by atoms with E-state index in [1.807, 2.05) is 49.4 Å².